The maximum Gasteiger partial charge on any atom is 0.415 e. The van der Waals surface area contributed by atoms with Gasteiger partial charge in [0.15, 0.2) is 10.8 Å². The van der Waals surface area contributed by atoms with Gasteiger partial charge in [0.1, 0.15) is 20.5 Å². The van der Waals surface area contributed by atoms with Gasteiger partial charge in [0.05, 0.1) is 11.4 Å². The van der Waals surface area contributed by atoms with Crippen LogP contribution in [0.4, 0.5) is 10.6 Å². The third kappa shape index (κ3) is 4.82. The molecule has 3 heterocycles. The zero-order valence-corrected chi connectivity index (χ0v) is 23.9. The Labute approximate surface area is 215 Å². The summed E-state index contributed by atoms with van der Waals surface area (Å²) in [5.41, 5.74) is 6.85. The predicted molar refractivity (Wildman–Crippen MR) is 147 cm³/mol. The van der Waals surface area contributed by atoms with Crippen molar-refractivity contribution in [2.24, 2.45) is 5.92 Å². The largest absolute Gasteiger partial charge is 0.447 e. The summed E-state index contributed by atoms with van der Waals surface area (Å²) in [6.07, 6.45) is 8.14. The molecule has 1 saturated carbocycles. The molecule has 2 aromatic heterocycles. The van der Waals surface area contributed by atoms with Crippen molar-refractivity contribution in [3.05, 3.63) is 17.8 Å². The third-order valence-electron chi connectivity index (χ3n) is 8.09. The van der Waals surface area contributed by atoms with E-state index in [0.717, 1.165) is 23.8 Å². The topological polar surface area (TPSA) is 68.2 Å². The summed E-state index contributed by atoms with van der Waals surface area (Å²) in [6, 6.07) is 1.99. The van der Waals surface area contributed by atoms with Gasteiger partial charge in [0.25, 0.3) is 0 Å². The van der Waals surface area contributed by atoms with Crippen molar-refractivity contribution < 1.29 is 9.53 Å². The van der Waals surface area contributed by atoms with Crippen molar-refractivity contribution in [2.75, 3.05) is 17.8 Å². The fraction of sp³-hybridized carbons (Fsp3) is 0.630. The highest BCUT2D eigenvalue weighted by Gasteiger charge is 2.43. The van der Waals surface area contributed by atoms with Crippen molar-refractivity contribution in [1.82, 2.24) is 15.0 Å². The quantitative estimate of drug-likeness (QED) is 0.184. The molecule has 1 unspecified atom stereocenters. The fourth-order valence-electron chi connectivity index (χ4n) is 6.30. The van der Waals surface area contributed by atoms with Gasteiger partial charge in [-0.15, -0.1) is 5.54 Å². The molecular formula is C27H38N4O2SSi. The summed E-state index contributed by atoms with van der Waals surface area (Å²) in [5.74, 6) is 4.62. The van der Waals surface area contributed by atoms with Crippen LogP contribution in [0.1, 0.15) is 72.8 Å². The second-order valence-corrected chi connectivity index (χ2v) is 17.2. The SMILES string of the molecule is CSc1ncc2c(C#C[Si](C(C)C)(C(C)C)C(C)C)cc(N3C(=O)OCC3C3CCCC3)nc2n1. The Morgan fingerprint density at radius 3 is 2.34 bits per heavy atom. The second-order valence-electron chi connectivity index (χ2n) is 10.8. The molecule has 8 heteroatoms. The van der Waals surface area contributed by atoms with Crippen LogP contribution in [0.5, 0.6) is 0 Å². The van der Waals surface area contributed by atoms with Crippen LogP contribution in [0, 0.1) is 17.4 Å². The molecule has 0 spiro atoms. The van der Waals surface area contributed by atoms with E-state index in [2.05, 4.69) is 63.0 Å². The van der Waals surface area contributed by atoms with Gasteiger partial charge in [-0.05, 0) is 47.7 Å². The van der Waals surface area contributed by atoms with E-state index in [9.17, 15) is 4.79 Å². The molecule has 1 atom stereocenters. The van der Waals surface area contributed by atoms with Gasteiger partial charge in [-0.1, -0.05) is 72.1 Å². The van der Waals surface area contributed by atoms with Crippen molar-refractivity contribution in [2.45, 2.75) is 95.0 Å². The van der Waals surface area contributed by atoms with E-state index in [1.165, 1.54) is 24.6 Å². The predicted octanol–water partition coefficient (Wildman–Crippen LogP) is 6.83. The standard InChI is InChI=1S/C27H38N4O2SSi/c1-17(2)35(18(3)4,19(5)6)13-12-21-14-24(29-25-22(21)15-28-26(30-25)34-7)31-23(16-33-27(31)32)20-10-8-9-11-20/h14-15,17-20,23H,8-11,16H2,1-7H3. The first kappa shape index (κ1) is 26.0. The number of aromatic nitrogens is 3. The zero-order valence-electron chi connectivity index (χ0n) is 22.1. The summed E-state index contributed by atoms with van der Waals surface area (Å²) in [7, 11) is -1.94. The molecule has 6 nitrogen and oxygen atoms in total. The first-order chi connectivity index (χ1) is 16.7. The average Bonchev–Trinajstić information content (AvgIpc) is 3.47. The van der Waals surface area contributed by atoms with Crippen LogP contribution in [0.15, 0.2) is 17.4 Å². The molecule has 1 aliphatic heterocycles. The Hall–Kier alpha value is -2.11. The Morgan fingerprint density at radius 1 is 1.09 bits per heavy atom. The number of nitrogens with zero attached hydrogens (tertiary/aromatic N) is 4. The second kappa shape index (κ2) is 10.5. The van der Waals surface area contributed by atoms with E-state index in [-0.39, 0.29) is 12.1 Å². The smallest absolute Gasteiger partial charge is 0.415 e. The van der Waals surface area contributed by atoms with Gasteiger partial charge >= 0.3 is 6.09 Å². The number of amides is 1. The number of rotatable bonds is 6. The summed E-state index contributed by atoms with van der Waals surface area (Å²) in [5, 5.41) is 1.50. The van der Waals surface area contributed by atoms with Crippen molar-refractivity contribution in [3.63, 3.8) is 0 Å². The highest BCUT2D eigenvalue weighted by Crippen LogP contribution is 2.41. The van der Waals surface area contributed by atoms with E-state index in [4.69, 9.17) is 9.72 Å². The highest BCUT2D eigenvalue weighted by atomic mass is 32.2. The molecule has 2 aliphatic rings. The molecule has 0 radical (unpaired) electrons. The minimum Gasteiger partial charge on any atom is -0.447 e. The lowest BCUT2D eigenvalue weighted by Crippen LogP contribution is -2.43. The Bertz CT molecular complexity index is 1130. The van der Waals surface area contributed by atoms with Crippen molar-refractivity contribution in [1.29, 1.82) is 0 Å². The van der Waals surface area contributed by atoms with Gasteiger partial charge in [0.2, 0.25) is 0 Å². The Kier molecular flexibility index (Phi) is 7.77. The zero-order chi connectivity index (χ0) is 25.3. The number of carbonyl (C=O) groups is 1. The van der Waals surface area contributed by atoms with Crippen LogP contribution in [0.25, 0.3) is 11.0 Å². The number of hydrogen-bond donors (Lipinski definition) is 0. The van der Waals surface area contributed by atoms with Gasteiger partial charge < -0.3 is 4.74 Å². The van der Waals surface area contributed by atoms with Crippen LogP contribution >= 0.6 is 11.8 Å². The Balaban J connectivity index is 1.88. The monoisotopic (exact) mass is 510 g/mol. The maximum atomic E-state index is 12.9. The minimum atomic E-state index is -1.94. The lowest BCUT2D eigenvalue weighted by molar-refractivity contribution is 0.176. The van der Waals surface area contributed by atoms with Crippen LogP contribution < -0.4 is 4.90 Å². The summed E-state index contributed by atoms with van der Waals surface area (Å²) < 4.78 is 5.53. The van der Waals surface area contributed by atoms with E-state index >= 15 is 0 Å². The van der Waals surface area contributed by atoms with Gasteiger partial charge in [-0.2, -0.15) is 0 Å². The molecule has 1 amide bonds. The number of cyclic esters (lactones) is 1. The van der Waals surface area contributed by atoms with Crippen LogP contribution in [-0.2, 0) is 4.74 Å². The lowest BCUT2D eigenvalue weighted by atomic mass is 9.98. The van der Waals surface area contributed by atoms with Gasteiger partial charge in [-0.3, -0.25) is 4.90 Å². The molecule has 2 aromatic rings. The molecule has 188 valence electrons. The first-order valence-corrected chi connectivity index (χ1v) is 16.4. The van der Waals surface area contributed by atoms with E-state index < -0.39 is 8.07 Å². The van der Waals surface area contributed by atoms with Crippen molar-refractivity contribution in [3.8, 4) is 11.5 Å². The van der Waals surface area contributed by atoms with Crippen molar-refractivity contribution >= 4 is 42.8 Å². The number of pyridine rings is 1. The number of anilines is 1. The maximum absolute atomic E-state index is 12.9. The molecule has 0 aromatic carbocycles. The van der Waals surface area contributed by atoms with E-state index in [0.29, 0.717) is 45.8 Å². The van der Waals surface area contributed by atoms with Gasteiger partial charge in [-0.25, -0.2) is 19.7 Å². The molecular weight excluding hydrogens is 472 g/mol. The minimum absolute atomic E-state index is 0.0214. The number of carbonyl (C=O) groups excluding carboxylic acids is 1. The highest BCUT2D eigenvalue weighted by molar-refractivity contribution is 7.98. The number of thioether (sulfide) groups is 1. The number of ether oxygens (including phenoxy) is 1. The van der Waals surface area contributed by atoms with Crippen LogP contribution in [0.2, 0.25) is 16.6 Å². The van der Waals surface area contributed by atoms with Crippen LogP contribution in [0.3, 0.4) is 0 Å². The molecule has 0 bridgehead atoms. The molecule has 1 saturated heterocycles. The lowest BCUT2D eigenvalue weighted by Gasteiger charge is -2.38. The fourth-order valence-corrected chi connectivity index (χ4v) is 11.9. The summed E-state index contributed by atoms with van der Waals surface area (Å²) in [6.45, 7) is 14.3. The normalized spacial score (nSPS) is 19.2. The summed E-state index contributed by atoms with van der Waals surface area (Å²) >= 11 is 1.48. The molecule has 35 heavy (non-hydrogen) atoms. The van der Waals surface area contributed by atoms with E-state index in [1.807, 2.05) is 18.5 Å². The molecule has 2 fully saturated rings. The molecule has 4 rings (SSSR count). The molecule has 0 N–H and O–H groups in total. The van der Waals surface area contributed by atoms with Gasteiger partial charge in [0, 0.05) is 11.8 Å². The third-order valence-corrected chi connectivity index (χ3v) is 14.9. The summed E-state index contributed by atoms with van der Waals surface area (Å²) in [4.78, 5) is 28.7. The van der Waals surface area contributed by atoms with E-state index in [1.54, 1.807) is 4.90 Å². The average molecular weight is 511 g/mol. The first-order valence-electron chi connectivity index (χ1n) is 12.9. The molecule has 1 aliphatic carbocycles. The number of hydrogen-bond acceptors (Lipinski definition) is 6. The Morgan fingerprint density at radius 2 is 1.74 bits per heavy atom. The van der Waals surface area contributed by atoms with Crippen LogP contribution in [-0.4, -0.2) is 48.0 Å². The number of fused-ring (bicyclic) bond motifs is 1.